The molecular weight excluding hydrogens is 210 g/mol. The van der Waals surface area contributed by atoms with Crippen LogP contribution in [-0.4, -0.2) is 6.61 Å². The second-order valence-corrected chi connectivity index (χ2v) is 4.30. The molecule has 0 spiro atoms. The van der Waals surface area contributed by atoms with Crippen molar-refractivity contribution in [2.75, 3.05) is 12.3 Å². The normalized spacial score (nSPS) is 12.8. The fourth-order valence-electron chi connectivity index (χ4n) is 2.08. The van der Waals surface area contributed by atoms with Gasteiger partial charge in [0, 0.05) is 17.7 Å². The van der Waals surface area contributed by atoms with Gasteiger partial charge in [-0.15, -0.1) is 0 Å². The van der Waals surface area contributed by atoms with Crippen molar-refractivity contribution in [3.8, 4) is 0 Å². The van der Waals surface area contributed by atoms with Gasteiger partial charge in [-0.2, -0.15) is 0 Å². The molecule has 0 unspecified atom stereocenters. The third-order valence-corrected chi connectivity index (χ3v) is 3.00. The number of nitrogen functional groups attached to an aromatic ring is 1. The van der Waals surface area contributed by atoms with Gasteiger partial charge in [0.2, 0.25) is 0 Å². The average Bonchev–Trinajstić information content (AvgIpc) is 2.37. The molecule has 0 fully saturated rings. The summed E-state index contributed by atoms with van der Waals surface area (Å²) in [6.07, 6.45) is 1.15. The Morgan fingerprint density at radius 3 is 2.53 bits per heavy atom. The fraction of sp³-hybridized carbons (Fsp3) is 0.333. The number of anilines is 1. The van der Waals surface area contributed by atoms with Crippen molar-refractivity contribution < 1.29 is 4.74 Å². The van der Waals surface area contributed by atoms with Crippen molar-refractivity contribution in [1.82, 2.24) is 0 Å². The number of benzene rings is 2. The van der Waals surface area contributed by atoms with E-state index < -0.39 is 0 Å². The first-order valence-electron chi connectivity index (χ1n) is 6.12. The standard InChI is InChI=1S/C15H19NO/c1-3-10-17-11(2)12-8-9-15(16)14-7-5-4-6-13(12)14/h4-9,11H,3,10,16H2,1-2H3/t11-/m0/s1. The van der Waals surface area contributed by atoms with Crippen LogP contribution in [0.15, 0.2) is 36.4 Å². The molecule has 2 nitrogen and oxygen atoms in total. The SMILES string of the molecule is CCCO[C@@H](C)c1ccc(N)c2ccccc12. The molecule has 0 aliphatic carbocycles. The molecule has 2 heteroatoms. The lowest BCUT2D eigenvalue weighted by atomic mass is 10.00. The van der Waals surface area contributed by atoms with Gasteiger partial charge >= 0.3 is 0 Å². The van der Waals surface area contributed by atoms with Crippen LogP contribution in [0.25, 0.3) is 10.8 Å². The van der Waals surface area contributed by atoms with Gasteiger partial charge in [0.1, 0.15) is 0 Å². The summed E-state index contributed by atoms with van der Waals surface area (Å²) < 4.78 is 5.78. The molecule has 90 valence electrons. The lowest BCUT2D eigenvalue weighted by molar-refractivity contribution is 0.0672. The highest BCUT2D eigenvalue weighted by Crippen LogP contribution is 2.29. The predicted molar refractivity (Wildman–Crippen MR) is 73.0 cm³/mol. The Morgan fingerprint density at radius 2 is 1.82 bits per heavy atom. The molecule has 2 N–H and O–H groups in total. The van der Waals surface area contributed by atoms with Gasteiger partial charge in [0.25, 0.3) is 0 Å². The summed E-state index contributed by atoms with van der Waals surface area (Å²) in [6, 6.07) is 12.2. The molecule has 0 aliphatic rings. The number of rotatable bonds is 4. The Morgan fingerprint density at radius 1 is 1.12 bits per heavy atom. The first-order chi connectivity index (χ1) is 8.24. The number of ether oxygens (including phenoxy) is 1. The lowest BCUT2D eigenvalue weighted by Gasteiger charge is -2.16. The number of nitrogens with two attached hydrogens (primary N) is 1. The first-order valence-corrected chi connectivity index (χ1v) is 6.12. The van der Waals surface area contributed by atoms with E-state index in [1.54, 1.807) is 0 Å². The van der Waals surface area contributed by atoms with E-state index in [4.69, 9.17) is 10.5 Å². The molecule has 0 aromatic heterocycles. The highest BCUT2D eigenvalue weighted by atomic mass is 16.5. The zero-order valence-corrected chi connectivity index (χ0v) is 10.4. The molecule has 0 saturated heterocycles. The van der Waals surface area contributed by atoms with Crippen molar-refractivity contribution in [3.05, 3.63) is 42.0 Å². The Kier molecular flexibility index (Phi) is 3.64. The van der Waals surface area contributed by atoms with Crippen LogP contribution in [0.4, 0.5) is 5.69 Å². The minimum absolute atomic E-state index is 0.112. The van der Waals surface area contributed by atoms with Crippen LogP contribution < -0.4 is 5.73 Å². The van der Waals surface area contributed by atoms with Gasteiger partial charge < -0.3 is 10.5 Å². The van der Waals surface area contributed by atoms with E-state index in [9.17, 15) is 0 Å². The van der Waals surface area contributed by atoms with Crippen molar-refractivity contribution in [2.45, 2.75) is 26.4 Å². The number of hydrogen-bond acceptors (Lipinski definition) is 2. The molecule has 1 atom stereocenters. The van der Waals surface area contributed by atoms with Crippen LogP contribution in [0.2, 0.25) is 0 Å². The Balaban J connectivity index is 2.44. The van der Waals surface area contributed by atoms with Crippen LogP contribution in [-0.2, 0) is 4.74 Å². The second kappa shape index (κ2) is 5.19. The van der Waals surface area contributed by atoms with Crippen LogP contribution in [0.5, 0.6) is 0 Å². The summed E-state index contributed by atoms with van der Waals surface area (Å²) >= 11 is 0. The average molecular weight is 229 g/mol. The third-order valence-electron chi connectivity index (χ3n) is 3.00. The molecule has 2 aromatic carbocycles. The lowest BCUT2D eigenvalue weighted by Crippen LogP contribution is -2.02. The summed E-state index contributed by atoms with van der Waals surface area (Å²) in [5.74, 6) is 0. The largest absolute Gasteiger partial charge is 0.398 e. The van der Waals surface area contributed by atoms with Crippen LogP contribution in [0.1, 0.15) is 31.9 Å². The van der Waals surface area contributed by atoms with Crippen LogP contribution in [0.3, 0.4) is 0 Å². The molecule has 0 amide bonds. The van der Waals surface area contributed by atoms with Gasteiger partial charge in [-0.1, -0.05) is 37.3 Å². The van der Waals surface area contributed by atoms with Crippen molar-refractivity contribution in [1.29, 1.82) is 0 Å². The fourth-order valence-corrected chi connectivity index (χ4v) is 2.08. The van der Waals surface area contributed by atoms with Crippen molar-refractivity contribution in [2.24, 2.45) is 0 Å². The Bertz CT molecular complexity index is 507. The highest BCUT2D eigenvalue weighted by molar-refractivity contribution is 5.95. The predicted octanol–water partition coefficient (Wildman–Crippen LogP) is 3.91. The van der Waals surface area contributed by atoms with E-state index in [1.165, 1.54) is 10.9 Å². The zero-order chi connectivity index (χ0) is 12.3. The molecule has 2 rings (SSSR count). The second-order valence-electron chi connectivity index (χ2n) is 4.30. The Labute approximate surface area is 102 Å². The third kappa shape index (κ3) is 2.42. The van der Waals surface area contributed by atoms with E-state index in [0.717, 1.165) is 24.1 Å². The highest BCUT2D eigenvalue weighted by Gasteiger charge is 2.10. The molecule has 0 saturated carbocycles. The summed E-state index contributed by atoms with van der Waals surface area (Å²) in [4.78, 5) is 0. The maximum atomic E-state index is 5.98. The van der Waals surface area contributed by atoms with E-state index >= 15 is 0 Å². The van der Waals surface area contributed by atoms with Gasteiger partial charge in [-0.05, 0) is 30.4 Å². The molecule has 2 aromatic rings. The van der Waals surface area contributed by atoms with Crippen LogP contribution >= 0.6 is 0 Å². The number of fused-ring (bicyclic) bond motifs is 1. The minimum Gasteiger partial charge on any atom is -0.398 e. The van der Waals surface area contributed by atoms with Gasteiger partial charge in [0.05, 0.1) is 6.10 Å². The molecule has 0 heterocycles. The minimum atomic E-state index is 0.112. The Hall–Kier alpha value is -1.54. The molecular formula is C15H19NO. The summed E-state index contributed by atoms with van der Waals surface area (Å²) in [7, 11) is 0. The maximum Gasteiger partial charge on any atom is 0.0802 e. The van der Waals surface area contributed by atoms with E-state index in [2.05, 4.69) is 32.0 Å². The molecule has 0 bridgehead atoms. The summed E-state index contributed by atoms with van der Waals surface area (Å²) in [5.41, 5.74) is 8.02. The topological polar surface area (TPSA) is 35.2 Å². The quantitative estimate of drug-likeness (QED) is 0.807. The monoisotopic (exact) mass is 229 g/mol. The van der Waals surface area contributed by atoms with Crippen molar-refractivity contribution in [3.63, 3.8) is 0 Å². The maximum absolute atomic E-state index is 5.98. The first kappa shape index (κ1) is 11.9. The molecule has 17 heavy (non-hydrogen) atoms. The van der Waals surface area contributed by atoms with E-state index in [-0.39, 0.29) is 6.10 Å². The van der Waals surface area contributed by atoms with E-state index in [0.29, 0.717) is 0 Å². The zero-order valence-electron chi connectivity index (χ0n) is 10.4. The number of hydrogen-bond donors (Lipinski definition) is 1. The summed E-state index contributed by atoms with van der Waals surface area (Å²) in [5, 5.41) is 2.30. The van der Waals surface area contributed by atoms with Gasteiger partial charge in [-0.3, -0.25) is 0 Å². The molecule has 0 aliphatic heterocycles. The van der Waals surface area contributed by atoms with Gasteiger partial charge in [0.15, 0.2) is 0 Å². The van der Waals surface area contributed by atoms with E-state index in [1.807, 2.05) is 18.2 Å². The van der Waals surface area contributed by atoms with Gasteiger partial charge in [-0.25, -0.2) is 0 Å². The van der Waals surface area contributed by atoms with Crippen molar-refractivity contribution >= 4 is 16.5 Å². The van der Waals surface area contributed by atoms with Crippen LogP contribution in [0, 0.1) is 0 Å². The smallest absolute Gasteiger partial charge is 0.0802 e. The summed E-state index contributed by atoms with van der Waals surface area (Å²) in [6.45, 7) is 5.00. The molecule has 0 radical (unpaired) electrons.